The number of nitrogens with zero attached hydrogens (tertiary/aromatic N) is 4. The van der Waals surface area contributed by atoms with Crippen molar-refractivity contribution in [1.29, 1.82) is 0 Å². The number of likely N-dealkylation sites (N-methyl/N-ethyl adjacent to an activating group) is 1. The standard InChI is InChI=1S/C19H28N6S/c1-3-20-19(23-14-17-5-11-26-15-17)22-13-16-4-6-21-18(12-16)25-9-7-24(2)8-10-25/h4-6,11-12,15H,3,7-10,13-14H2,1-2H3,(H2,20,22,23). The molecule has 1 aliphatic rings. The summed E-state index contributed by atoms with van der Waals surface area (Å²) >= 11 is 1.71. The molecule has 0 aromatic carbocycles. The Morgan fingerprint density at radius 3 is 2.77 bits per heavy atom. The second-order valence-electron chi connectivity index (χ2n) is 6.49. The van der Waals surface area contributed by atoms with Gasteiger partial charge in [-0.25, -0.2) is 9.98 Å². The highest BCUT2D eigenvalue weighted by molar-refractivity contribution is 7.07. The zero-order chi connectivity index (χ0) is 18.2. The zero-order valence-corrected chi connectivity index (χ0v) is 16.4. The van der Waals surface area contributed by atoms with Gasteiger partial charge in [0.1, 0.15) is 5.82 Å². The minimum Gasteiger partial charge on any atom is -0.357 e. The summed E-state index contributed by atoms with van der Waals surface area (Å²) in [6, 6.07) is 6.36. The predicted octanol–water partition coefficient (Wildman–Crippen LogP) is 2.15. The molecule has 0 atom stereocenters. The Hall–Kier alpha value is -2.12. The van der Waals surface area contributed by atoms with Crippen LogP contribution in [0.2, 0.25) is 0 Å². The number of pyridine rings is 1. The molecule has 1 aliphatic heterocycles. The summed E-state index contributed by atoms with van der Waals surface area (Å²) in [7, 11) is 2.17. The maximum Gasteiger partial charge on any atom is 0.191 e. The van der Waals surface area contributed by atoms with Crippen LogP contribution in [0.15, 0.2) is 40.1 Å². The molecule has 26 heavy (non-hydrogen) atoms. The molecule has 2 aromatic heterocycles. The van der Waals surface area contributed by atoms with Crippen LogP contribution in [-0.4, -0.2) is 55.6 Å². The summed E-state index contributed by atoms with van der Waals surface area (Å²) in [6.07, 6.45) is 1.90. The van der Waals surface area contributed by atoms with Crippen molar-refractivity contribution in [3.63, 3.8) is 0 Å². The van der Waals surface area contributed by atoms with E-state index in [9.17, 15) is 0 Å². The summed E-state index contributed by atoms with van der Waals surface area (Å²) in [5.41, 5.74) is 2.46. The monoisotopic (exact) mass is 372 g/mol. The van der Waals surface area contributed by atoms with E-state index < -0.39 is 0 Å². The van der Waals surface area contributed by atoms with Gasteiger partial charge in [-0.2, -0.15) is 11.3 Å². The highest BCUT2D eigenvalue weighted by atomic mass is 32.1. The summed E-state index contributed by atoms with van der Waals surface area (Å²) < 4.78 is 0. The maximum absolute atomic E-state index is 4.66. The average Bonchev–Trinajstić information content (AvgIpc) is 3.18. The Bertz CT molecular complexity index is 692. The molecule has 3 heterocycles. The number of aromatic nitrogens is 1. The van der Waals surface area contributed by atoms with Crippen molar-refractivity contribution in [1.82, 2.24) is 20.5 Å². The highest BCUT2D eigenvalue weighted by Gasteiger charge is 2.15. The summed E-state index contributed by atoms with van der Waals surface area (Å²) in [5, 5.41) is 11.0. The van der Waals surface area contributed by atoms with E-state index >= 15 is 0 Å². The lowest BCUT2D eigenvalue weighted by molar-refractivity contribution is 0.312. The van der Waals surface area contributed by atoms with Gasteiger partial charge in [0, 0.05) is 45.5 Å². The van der Waals surface area contributed by atoms with Crippen LogP contribution in [0, 0.1) is 0 Å². The fraction of sp³-hybridized carbons (Fsp3) is 0.474. The fourth-order valence-corrected chi connectivity index (χ4v) is 3.52. The predicted molar refractivity (Wildman–Crippen MR) is 110 cm³/mol. The number of hydrogen-bond acceptors (Lipinski definition) is 5. The lowest BCUT2D eigenvalue weighted by Crippen LogP contribution is -2.44. The second kappa shape index (κ2) is 9.54. The van der Waals surface area contributed by atoms with Gasteiger partial charge in [-0.05, 0) is 54.1 Å². The Balaban J connectivity index is 1.58. The average molecular weight is 373 g/mol. The molecule has 0 spiro atoms. The Morgan fingerprint density at radius 1 is 1.19 bits per heavy atom. The minimum absolute atomic E-state index is 0.696. The molecule has 1 fully saturated rings. The number of guanidine groups is 1. The molecule has 2 aromatic rings. The first kappa shape index (κ1) is 18.7. The van der Waals surface area contributed by atoms with Crippen LogP contribution in [0.5, 0.6) is 0 Å². The van der Waals surface area contributed by atoms with E-state index in [1.54, 1.807) is 11.3 Å². The number of hydrogen-bond donors (Lipinski definition) is 2. The van der Waals surface area contributed by atoms with Crippen molar-refractivity contribution in [2.75, 3.05) is 44.7 Å². The van der Waals surface area contributed by atoms with Gasteiger partial charge in [-0.1, -0.05) is 0 Å². The molecule has 0 bridgehead atoms. The topological polar surface area (TPSA) is 55.8 Å². The molecule has 0 unspecified atom stereocenters. The first-order valence-corrected chi connectivity index (χ1v) is 10.1. The van der Waals surface area contributed by atoms with Gasteiger partial charge in [0.15, 0.2) is 5.96 Å². The lowest BCUT2D eigenvalue weighted by Gasteiger charge is -2.33. The van der Waals surface area contributed by atoms with Crippen LogP contribution in [0.3, 0.4) is 0 Å². The normalized spacial score (nSPS) is 15.9. The number of aliphatic imine (C=N–C) groups is 1. The van der Waals surface area contributed by atoms with E-state index in [4.69, 9.17) is 0 Å². The number of thiophene rings is 1. The van der Waals surface area contributed by atoms with Crippen LogP contribution >= 0.6 is 11.3 Å². The van der Waals surface area contributed by atoms with Crippen LogP contribution in [0.25, 0.3) is 0 Å². The Labute approximate surface area is 160 Å². The zero-order valence-electron chi connectivity index (χ0n) is 15.6. The molecule has 0 amide bonds. The SMILES string of the molecule is CCNC(=NCc1ccsc1)NCc1ccnc(N2CCN(C)CC2)c1. The lowest BCUT2D eigenvalue weighted by atomic mass is 10.2. The van der Waals surface area contributed by atoms with Gasteiger partial charge in [0.25, 0.3) is 0 Å². The third-order valence-corrected chi connectivity index (χ3v) is 5.17. The third kappa shape index (κ3) is 5.44. The third-order valence-electron chi connectivity index (χ3n) is 4.44. The van der Waals surface area contributed by atoms with Crippen molar-refractivity contribution in [2.24, 2.45) is 4.99 Å². The quantitative estimate of drug-likeness (QED) is 0.601. The molecule has 7 heteroatoms. The first-order valence-electron chi connectivity index (χ1n) is 9.16. The van der Waals surface area contributed by atoms with Crippen molar-refractivity contribution in [3.8, 4) is 0 Å². The second-order valence-corrected chi connectivity index (χ2v) is 7.27. The molecular weight excluding hydrogens is 344 g/mol. The molecule has 2 N–H and O–H groups in total. The van der Waals surface area contributed by atoms with E-state index in [1.165, 1.54) is 11.1 Å². The van der Waals surface area contributed by atoms with Crippen molar-refractivity contribution >= 4 is 23.1 Å². The van der Waals surface area contributed by atoms with Gasteiger partial charge < -0.3 is 20.4 Å². The van der Waals surface area contributed by atoms with E-state index in [0.29, 0.717) is 6.54 Å². The molecule has 1 saturated heterocycles. The van der Waals surface area contributed by atoms with Gasteiger partial charge in [0.2, 0.25) is 0 Å². The van der Waals surface area contributed by atoms with Crippen molar-refractivity contribution in [2.45, 2.75) is 20.0 Å². The summed E-state index contributed by atoms with van der Waals surface area (Å²) in [6.45, 7) is 8.60. The van der Waals surface area contributed by atoms with Gasteiger partial charge in [-0.3, -0.25) is 0 Å². The van der Waals surface area contributed by atoms with Crippen molar-refractivity contribution in [3.05, 3.63) is 46.3 Å². The minimum atomic E-state index is 0.696. The molecule has 0 aliphatic carbocycles. The molecule has 0 radical (unpaired) electrons. The van der Waals surface area contributed by atoms with Crippen LogP contribution < -0.4 is 15.5 Å². The summed E-state index contributed by atoms with van der Waals surface area (Å²) in [4.78, 5) is 13.9. The van der Waals surface area contributed by atoms with E-state index in [1.807, 2.05) is 6.20 Å². The first-order chi connectivity index (χ1) is 12.7. The van der Waals surface area contributed by atoms with E-state index in [0.717, 1.165) is 51.0 Å². The van der Waals surface area contributed by atoms with Crippen LogP contribution in [-0.2, 0) is 13.1 Å². The van der Waals surface area contributed by atoms with Crippen LogP contribution in [0.4, 0.5) is 5.82 Å². The maximum atomic E-state index is 4.66. The molecule has 3 rings (SSSR count). The number of nitrogens with one attached hydrogen (secondary N) is 2. The van der Waals surface area contributed by atoms with Crippen LogP contribution in [0.1, 0.15) is 18.1 Å². The number of rotatable bonds is 6. The largest absolute Gasteiger partial charge is 0.357 e. The van der Waals surface area contributed by atoms with Gasteiger partial charge >= 0.3 is 0 Å². The van der Waals surface area contributed by atoms with Gasteiger partial charge in [-0.15, -0.1) is 0 Å². The molecule has 140 valence electrons. The fourth-order valence-electron chi connectivity index (χ4n) is 2.86. The molecule has 6 nitrogen and oxygen atoms in total. The Kier molecular flexibility index (Phi) is 6.85. The summed E-state index contributed by atoms with van der Waals surface area (Å²) in [5.74, 6) is 1.91. The smallest absolute Gasteiger partial charge is 0.191 e. The number of piperazine rings is 1. The molecular formula is C19H28N6S. The Morgan fingerprint density at radius 2 is 2.04 bits per heavy atom. The highest BCUT2D eigenvalue weighted by Crippen LogP contribution is 2.14. The molecule has 0 saturated carbocycles. The van der Waals surface area contributed by atoms with Crippen molar-refractivity contribution < 1.29 is 0 Å². The number of anilines is 1. The van der Waals surface area contributed by atoms with E-state index in [2.05, 4.69) is 73.3 Å². The van der Waals surface area contributed by atoms with E-state index in [-0.39, 0.29) is 0 Å². The van der Waals surface area contributed by atoms with Gasteiger partial charge in [0.05, 0.1) is 6.54 Å².